The molecule has 134 valence electrons. The van der Waals surface area contributed by atoms with Gasteiger partial charge in [0.05, 0.1) is 18.2 Å². The van der Waals surface area contributed by atoms with Crippen LogP contribution in [0.25, 0.3) is 10.9 Å². The quantitative estimate of drug-likeness (QED) is 0.650. The molecule has 2 aromatic carbocycles. The van der Waals surface area contributed by atoms with E-state index in [1.807, 2.05) is 43.3 Å². The van der Waals surface area contributed by atoms with Gasteiger partial charge in [0.2, 0.25) is 0 Å². The second-order valence-electron chi connectivity index (χ2n) is 5.98. The summed E-state index contributed by atoms with van der Waals surface area (Å²) in [5.41, 5.74) is 2.05. The fourth-order valence-corrected chi connectivity index (χ4v) is 2.98. The third-order valence-electron chi connectivity index (χ3n) is 4.36. The normalized spacial score (nSPS) is 12.0. The molecule has 3 rings (SSSR count). The van der Waals surface area contributed by atoms with Crippen molar-refractivity contribution < 1.29 is 19.1 Å². The van der Waals surface area contributed by atoms with Crippen molar-refractivity contribution >= 4 is 22.8 Å². The number of esters is 1. The number of para-hydroxylation sites is 2. The van der Waals surface area contributed by atoms with Crippen LogP contribution in [-0.4, -0.2) is 29.7 Å². The lowest BCUT2D eigenvalue weighted by atomic mass is 10.1. The van der Waals surface area contributed by atoms with E-state index in [2.05, 4.69) is 0 Å². The average molecular weight is 351 g/mol. The minimum atomic E-state index is -0.705. The summed E-state index contributed by atoms with van der Waals surface area (Å²) in [5, 5.41) is 0.675. The zero-order valence-corrected chi connectivity index (χ0v) is 15.1. The number of rotatable bonds is 5. The lowest BCUT2D eigenvalue weighted by Crippen LogP contribution is -2.29. The number of carbonyl (C=O) groups is 2. The first kappa shape index (κ1) is 17.7. The van der Waals surface area contributed by atoms with Gasteiger partial charge in [-0.2, -0.15) is 0 Å². The van der Waals surface area contributed by atoms with Crippen molar-refractivity contribution in [2.45, 2.75) is 26.4 Å². The smallest absolute Gasteiger partial charge is 0.340 e. The van der Waals surface area contributed by atoms with Crippen molar-refractivity contribution in [2.75, 3.05) is 7.11 Å². The van der Waals surface area contributed by atoms with Gasteiger partial charge < -0.3 is 9.47 Å². The summed E-state index contributed by atoms with van der Waals surface area (Å²) in [4.78, 5) is 25.0. The molecule has 0 bridgehead atoms. The highest BCUT2D eigenvalue weighted by Crippen LogP contribution is 2.24. The monoisotopic (exact) mass is 351 g/mol. The van der Waals surface area contributed by atoms with Gasteiger partial charge in [0.15, 0.2) is 6.10 Å². The van der Waals surface area contributed by atoms with Crippen LogP contribution in [0.5, 0.6) is 5.75 Å². The Kier molecular flexibility index (Phi) is 5.07. The molecule has 5 heteroatoms. The van der Waals surface area contributed by atoms with E-state index in [9.17, 15) is 9.59 Å². The van der Waals surface area contributed by atoms with Gasteiger partial charge in [-0.25, -0.2) is 4.79 Å². The molecular formula is C21H21NO4. The van der Waals surface area contributed by atoms with Crippen molar-refractivity contribution in [2.24, 2.45) is 0 Å². The second kappa shape index (κ2) is 7.44. The van der Waals surface area contributed by atoms with Gasteiger partial charge in [-0.15, -0.1) is 0 Å². The first-order chi connectivity index (χ1) is 12.6. The van der Waals surface area contributed by atoms with Crippen LogP contribution in [0.3, 0.4) is 0 Å². The highest BCUT2D eigenvalue weighted by Gasteiger charge is 2.23. The Morgan fingerprint density at radius 3 is 2.50 bits per heavy atom. The summed E-state index contributed by atoms with van der Waals surface area (Å²) in [5.74, 6) is -0.0274. The topological polar surface area (TPSA) is 57.5 Å². The van der Waals surface area contributed by atoms with Crippen LogP contribution < -0.4 is 4.74 Å². The van der Waals surface area contributed by atoms with Gasteiger partial charge in [-0.3, -0.25) is 9.36 Å². The van der Waals surface area contributed by atoms with E-state index in [1.165, 1.54) is 17.9 Å². The third kappa shape index (κ3) is 3.20. The van der Waals surface area contributed by atoms with E-state index in [0.717, 1.165) is 12.0 Å². The van der Waals surface area contributed by atoms with E-state index < -0.39 is 12.1 Å². The van der Waals surface area contributed by atoms with E-state index >= 15 is 0 Å². The van der Waals surface area contributed by atoms with Gasteiger partial charge in [0, 0.05) is 11.6 Å². The number of fused-ring (bicyclic) bond motifs is 1. The van der Waals surface area contributed by atoms with E-state index in [-0.39, 0.29) is 5.91 Å². The summed E-state index contributed by atoms with van der Waals surface area (Å²) >= 11 is 0. The number of nitrogens with zero attached hydrogens (tertiary/aromatic N) is 1. The highest BCUT2D eigenvalue weighted by molar-refractivity contribution is 6.07. The molecule has 0 amide bonds. The molecule has 0 fully saturated rings. The molecule has 1 atom stereocenters. The van der Waals surface area contributed by atoms with E-state index in [0.29, 0.717) is 22.2 Å². The predicted octanol–water partition coefficient (Wildman–Crippen LogP) is 4.10. The van der Waals surface area contributed by atoms with Crippen LogP contribution in [0, 0.1) is 0 Å². The van der Waals surface area contributed by atoms with Gasteiger partial charge in [0.25, 0.3) is 5.91 Å². The number of hydrogen-bond donors (Lipinski definition) is 0. The molecule has 0 aliphatic carbocycles. The third-order valence-corrected chi connectivity index (χ3v) is 4.36. The number of methoxy groups -OCH3 is 1. The first-order valence-electron chi connectivity index (χ1n) is 8.54. The van der Waals surface area contributed by atoms with Gasteiger partial charge in [0.1, 0.15) is 5.75 Å². The molecule has 5 nitrogen and oxygen atoms in total. The van der Waals surface area contributed by atoms with Crippen LogP contribution in [0.2, 0.25) is 0 Å². The Hall–Kier alpha value is -3.08. The van der Waals surface area contributed by atoms with E-state index in [4.69, 9.17) is 9.47 Å². The zero-order valence-electron chi connectivity index (χ0n) is 15.1. The van der Waals surface area contributed by atoms with Crippen molar-refractivity contribution in [3.05, 3.63) is 65.9 Å². The van der Waals surface area contributed by atoms with E-state index in [1.54, 1.807) is 19.1 Å². The average Bonchev–Trinajstić information content (AvgIpc) is 3.06. The molecule has 0 aliphatic rings. The molecule has 26 heavy (non-hydrogen) atoms. The summed E-state index contributed by atoms with van der Waals surface area (Å²) < 4.78 is 12.2. The number of aromatic nitrogens is 1. The van der Waals surface area contributed by atoms with Crippen molar-refractivity contribution in [1.82, 2.24) is 4.57 Å². The summed E-state index contributed by atoms with van der Waals surface area (Å²) in [6, 6.07) is 14.9. The molecule has 1 aromatic heterocycles. The van der Waals surface area contributed by atoms with Crippen molar-refractivity contribution in [3.8, 4) is 5.75 Å². The Balaban J connectivity index is 1.96. The van der Waals surface area contributed by atoms with Crippen molar-refractivity contribution in [3.63, 3.8) is 0 Å². The van der Waals surface area contributed by atoms with Crippen LogP contribution in [0.15, 0.2) is 54.7 Å². The van der Waals surface area contributed by atoms with Gasteiger partial charge in [-0.05, 0) is 31.0 Å². The molecule has 0 spiro atoms. The molecule has 3 aromatic rings. The maximum Gasteiger partial charge on any atom is 0.340 e. The van der Waals surface area contributed by atoms with Crippen LogP contribution >= 0.6 is 0 Å². The number of benzene rings is 2. The molecule has 0 aliphatic heterocycles. The lowest BCUT2D eigenvalue weighted by molar-refractivity contribution is 0.0602. The maximum atomic E-state index is 13.0. The Morgan fingerprint density at radius 1 is 1.08 bits per heavy atom. The minimum Gasteiger partial charge on any atom is -0.481 e. The fourth-order valence-electron chi connectivity index (χ4n) is 2.98. The van der Waals surface area contributed by atoms with Crippen LogP contribution in [0.4, 0.5) is 0 Å². The molecule has 0 unspecified atom stereocenters. The minimum absolute atomic E-state index is 0.248. The molecular weight excluding hydrogens is 330 g/mol. The number of aryl methyl sites for hydroxylation is 1. The fraction of sp³-hybridized carbons (Fsp3) is 0.238. The van der Waals surface area contributed by atoms with Crippen LogP contribution in [0.1, 0.15) is 34.6 Å². The predicted molar refractivity (Wildman–Crippen MR) is 99.8 cm³/mol. The Labute approximate surface area is 152 Å². The highest BCUT2D eigenvalue weighted by atomic mass is 16.5. The molecule has 0 N–H and O–H groups in total. The zero-order chi connectivity index (χ0) is 18.7. The standard InChI is InChI=1S/C21H21NO4/c1-4-15-9-5-8-12-19(15)26-14(2)20(23)22-13-17(21(24)25-3)16-10-6-7-11-18(16)22/h5-14H,4H2,1-3H3/t14-/m1/s1. The number of hydrogen-bond acceptors (Lipinski definition) is 4. The molecule has 0 saturated carbocycles. The van der Waals surface area contributed by atoms with Gasteiger partial charge >= 0.3 is 5.97 Å². The Morgan fingerprint density at radius 2 is 1.77 bits per heavy atom. The summed E-state index contributed by atoms with van der Waals surface area (Å²) in [6.07, 6.45) is 1.63. The maximum absolute atomic E-state index is 13.0. The SMILES string of the molecule is CCc1ccccc1O[C@H](C)C(=O)n1cc(C(=O)OC)c2ccccc21. The molecule has 0 saturated heterocycles. The molecule has 1 heterocycles. The summed E-state index contributed by atoms with van der Waals surface area (Å²) in [7, 11) is 1.32. The van der Waals surface area contributed by atoms with Crippen molar-refractivity contribution in [1.29, 1.82) is 0 Å². The summed E-state index contributed by atoms with van der Waals surface area (Å²) in [6.45, 7) is 3.75. The second-order valence-corrected chi connectivity index (χ2v) is 5.98. The number of carbonyl (C=O) groups excluding carboxylic acids is 2. The Bertz CT molecular complexity index is 958. The van der Waals surface area contributed by atoms with Crippen LogP contribution in [-0.2, 0) is 11.2 Å². The lowest BCUT2D eigenvalue weighted by Gasteiger charge is -2.17. The molecule has 0 radical (unpaired) electrons. The first-order valence-corrected chi connectivity index (χ1v) is 8.54. The largest absolute Gasteiger partial charge is 0.481 e. The number of ether oxygens (including phenoxy) is 2. The van der Waals surface area contributed by atoms with Gasteiger partial charge in [-0.1, -0.05) is 43.3 Å².